The molecule has 0 aliphatic heterocycles. The van der Waals surface area contributed by atoms with Gasteiger partial charge in [0.25, 0.3) is 5.91 Å². The highest BCUT2D eigenvalue weighted by atomic mass is 32.2. The van der Waals surface area contributed by atoms with E-state index in [1.54, 1.807) is 36.8 Å². The zero-order valence-electron chi connectivity index (χ0n) is 14.1. The van der Waals surface area contributed by atoms with Crippen molar-refractivity contribution in [2.24, 2.45) is 0 Å². The molecule has 0 aliphatic carbocycles. The number of carbonyl (C=O) groups excluding carboxylic acids is 1. The van der Waals surface area contributed by atoms with Crippen LogP contribution in [0.3, 0.4) is 0 Å². The van der Waals surface area contributed by atoms with Crippen molar-refractivity contribution in [3.63, 3.8) is 0 Å². The molecule has 1 aromatic heterocycles. The smallest absolute Gasteiger partial charge is 0.251 e. The molecular weight excluding hydrogens is 352 g/mol. The molecule has 2 N–H and O–H groups in total. The van der Waals surface area contributed by atoms with E-state index in [4.69, 9.17) is 0 Å². The largest absolute Gasteiger partial charge is 0.348 e. The Balaban J connectivity index is 1.58. The van der Waals surface area contributed by atoms with Gasteiger partial charge in [0.05, 0.1) is 12.6 Å². The Morgan fingerprint density at radius 3 is 2.35 bits per heavy atom. The number of sulfonamides is 1. The number of benzene rings is 2. The van der Waals surface area contributed by atoms with Crippen molar-refractivity contribution in [2.75, 3.05) is 11.0 Å². The minimum absolute atomic E-state index is 0.227. The molecule has 0 bridgehead atoms. The summed E-state index contributed by atoms with van der Waals surface area (Å²) in [6.07, 6.45) is 6.37. The second-order valence-corrected chi connectivity index (χ2v) is 7.52. The van der Waals surface area contributed by atoms with Gasteiger partial charge >= 0.3 is 0 Å². The second-order valence-electron chi connectivity index (χ2n) is 5.77. The van der Waals surface area contributed by atoms with Gasteiger partial charge in [0.1, 0.15) is 0 Å². The summed E-state index contributed by atoms with van der Waals surface area (Å²) in [5, 5.41) is 2.84. The average Bonchev–Trinajstić information content (AvgIpc) is 3.14. The number of hydrogen-bond acceptors (Lipinski definition) is 4. The van der Waals surface area contributed by atoms with Crippen LogP contribution in [-0.4, -0.2) is 30.1 Å². The molecule has 0 spiro atoms. The molecule has 3 rings (SSSR count). The summed E-state index contributed by atoms with van der Waals surface area (Å²) in [6, 6.07) is 14.0. The van der Waals surface area contributed by atoms with Gasteiger partial charge < -0.3 is 9.88 Å². The Hall–Kier alpha value is -3.13. The lowest BCUT2D eigenvalue weighted by Gasteiger charge is -2.08. The molecule has 0 atom stereocenters. The van der Waals surface area contributed by atoms with E-state index in [9.17, 15) is 13.2 Å². The lowest BCUT2D eigenvalue weighted by atomic mass is 10.1. The molecule has 0 aliphatic rings. The maximum absolute atomic E-state index is 12.2. The lowest BCUT2D eigenvalue weighted by molar-refractivity contribution is 0.0951. The highest BCUT2D eigenvalue weighted by molar-refractivity contribution is 7.92. The average molecular weight is 370 g/mol. The fourth-order valence-corrected chi connectivity index (χ4v) is 2.95. The highest BCUT2D eigenvalue weighted by Crippen LogP contribution is 2.12. The third kappa shape index (κ3) is 4.70. The van der Waals surface area contributed by atoms with Gasteiger partial charge in [0.15, 0.2) is 0 Å². The Bertz CT molecular complexity index is 980. The van der Waals surface area contributed by atoms with Crippen molar-refractivity contribution in [3.8, 4) is 5.69 Å². The third-order valence-electron chi connectivity index (χ3n) is 3.64. The van der Waals surface area contributed by atoms with E-state index in [-0.39, 0.29) is 5.91 Å². The van der Waals surface area contributed by atoms with Gasteiger partial charge in [-0.2, -0.15) is 0 Å². The first kappa shape index (κ1) is 17.7. The number of amides is 1. The molecule has 3 aromatic rings. The van der Waals surface area contributed by atoms with Gasteiger partial charge in [-0.15, -0.1) is 0 Å². The summed E-state index contributed by atoms with van der Waals surface area (Å²) < 4.78 is 26.6. The number of carbonyl (C=O) groups is 1. The van der Waals surface area contributed by atoms with Crippen molar-refractivity contribution < 1.29 is 13.2 Å². The predicted octanol–water partition coefficient (Wildman–Crippen LogP) is 2.17. The minimum atomic E-state index is -3.33. The Morgan fingerprint density at radius 2 is 1.77 bits per heavy atom. The first-order valence-corrected chi connectivity index (χ1v) is 9.73. The number of hydrogen-bond donors (Lipinski definition) is 2. The van der Waals surface area contributed by atoms with Crippen LogP contribution in [0.2, 0.25) is 0 Å². The van der Waals surface area contributed by atoms with Crippen LogP contribution in [0.5, 0.6) is 0 Å². The molecule has 1 amide bonds. The molecule has 2 aromatic carbocycles. The zero-order chi connectivity index (χ0) is 18.6. The van der Waals surface area contributed by atoms with E-state index in [0.29, 0.717) is 17.8 Å². The van der Waals surface area contributed by atoms with Gasteiger partial charge in [-0.05, 0) is 42.0 Å². The molecule has 8 heteroatoms. The first-order valence-electron chi connectivity index (χ1n) is 7.84. The molecule has 0 radical (unpaired) electrons. The fraction of sp³-hybridized carbons (Fsp3) is 0.111. The summed E-state index contributed by atoms with van der Waals surface area (Å²) in [7, 11) is -3.33. The molecule has 0 saturated carbocycles. The van der Waals surface area contributed by atoms with E-state index in [2.05, 4.69) is 15.0 Å². The van der Waals surface area contributed by atoms with E-state index in [0.717, 1.165) is 17.5 Å². The van der Waals surface area contributed by atoms with Gasteiger partial charge in [-0.25, -0.2) is 13.4 Å². The van der Waals surface area contributed by atoms with Crippen molar-refractivity contribution in [2.45, 2.75) is 6.54 Å². The molecule has 1 heterocycles. The Morgan fingerprint density at radius 1 is 1.08 bits per heavy atom. The molecule has 0 saturated heterocycles. The van der Waals surface area contributed by atoms with E-state index >= 15 is 0 Å². The second kappa shape index (κ2) is 7.40. The third-order valence-corrected chi connectivity index (χ3v) is 4.25. The van der Waals surface area contributed by atoms with Crippen molar-refractivity contribution in [1.29, 1.82) is 0 Å². The fourth-order valence-electron chi connectivity index (χ4n) is 2.39. The number of nitrogens with one attached hydrogen (secondary N) is 2. The van der Waals surface area contributed by atoms with Crippen molar-refractivity contribution in [1.82, 2.24) is 14.9 Å². The molecular formula is C18H18N4O3S. The van der Waals surface area contributed by atoms with Crippen LogP contribution >= 0.6 is 0 Å². The quantitative estimate of drug-likeness (QED) is 0.695. The van der Waals surface area contributed by atoms with Crippen LogP contribution in [0.15, 0.2) is 67.3 Å². The van der Waals surface area contributed by atoms with E-state index < -0.39 is 10.0 Å². The van der Waals surface area contributed by atoms with Gasteiger partial charge in [-0.1, -0.05) is 12.1 Å². The summed E-state index contributed by atoms with van der Waals surface area (Å²) in [4.78, 5) is 16.2. The monoisotopic (exact) mass is 370 g/mol. The van der Waals surface area contributed by atoms with Crippen LogP contribution < -0.4 is 10.0 Å². The summed E-state index contributed by atoms with van der Waals surface area (Å²) in [5.41, 5.74) is 2.84. The predicted molar refractivity (Wildman–Crippen MR) is 99.6 cm³/mol. The Labute approximate surface area is 151 Å². The first-order chi connectivity index (χ1) is 12.4. The van der Waals surface area contributed by atoms with Crippen molar-refractivity contribution in [3.05, 3.63) is 78.4 Å². The Kier molecular flexibility index (Phi) is 5.04. The van der Waals surface area contributed by atoms with Crippen molar-refractivity contribution >= 4 is 21.6 Å². The van der Waals surface area contributed by atoms with Crippen LogP contribution in [-0.2, 0) is 16.6 Å². The maximum atomic E-state index is 12.2. The van der Waals surface area contributed by atoms with Crippen LogP contribution in [0.4, 0.5) is 5.69 Å². The molecule has 134 valence electrons. The van der Waals surface area contributed by atoms with Gasteiger partial charge in [0.2, 0.25) is 10.0 Å². The number of rotatable bonds is 6. The van der Waals surface area contributed by atoms with Gasteiger partial charge in [-0.3, -0.25) is 9.52 Å². The summed E-state index contributed by atoms with van der Waals surface area (Å²) in [5.74, 6) is -0.227. The van der Waals surface area contributed by atoms with Crippen LogP contribution in [0.25, 0.3) is 5.69 Å². The molecule has 26 heavy (non-hydrogen) atoms. The molecule has 7 nitrogen and oxygen atoms in total. The standard InChI is InChI=1S/C18H18N4O3S/c1-26(24,25)21-16-6-4-15(5-7-16)18(23)20-12-14-2-8-17(9-3-14)22-11-10-19-13-22/h2-11,13,21H,12H2,1H3,(H,20,23). The normalized spacial score (nSPS) is 11.1. The van der Waals surface area contributed by atoms with Crippen LogP contribution in [0.1, 0.15) is 15.9 Å². The van der Waals surface area contributed by atoms with Gasteiger partial charge in [0, 0.05) is 35.9 Å². The highest BCUT2D eigenvalue weighted by Gasteiger charge is 2.07. The topological polar surface area (TPSA) is 93.1 Å². The molecule has 0 fully saturated rings. The summed E-state index contributed by atoms with van der Waals surface area (Å²) >= 11 is 0. The van der Waals surface area contributed by atoms with E-state index in [1.807, 2.05) is 35.0 Å². The number of aromatic nitrogens is 2. The number of nitrogens with zero attached hydrogens (tertiary/aromatic N) is 2. The molecule has 0 unspecified atom stereocenters. The number of anilines is 1. The van der Waals surface area contributed by atoms with Crippen LogP contribution in [0, 0.1) is 0 Å². The zero-order valence-corrected chi connectivity index (χ0v) is 14.9. The number of imidazole rings is 1. The summed E-state index contributed by atoms with van der Waals surface area (Å²) in [6.45, 7) is 0.395. The maximum Gasteiger partial charge on any atom is 0.251 e. The lowest BCUT2D eigenvalue weighted by Crippen LogP contribution is -2.22. The SMILES string of the molecule is CS(=O)(=O)Nc1ccc(C(=O)NCc2ccc(-n3ccnc3)cc2)cc1. The minimum Gasteiger partial charge on any atom is -0.348 e. The van der Waals surface area contributed by atoms with E-state index in [1.165, 1.54) is 0 Å².